The predicted octanol–water partition coefficient (Wildman–Crippen LogP) is 3.11. The summed E-state index contributed by atoms with van der Waals surface area (Å²) in [6, 6.07) is 8.03. The third kappa shape index (κ3) is 2.12. The number of hydrogen-bond acceptors (Lipinski definition) is 3. The van der Waals surface area contributed by atoms with Crippen molar-refractivity contribution in [1.29, 1.82) is 0 Å². The molecule has 4 nitrogen and oxygen atoms in total. The predicted molar refractivity (Wildman–Crippen MR) is 75.6 cm³/mol. The molecule has 1 N–H and O–H groups in total. The minimum Gasteiger partial charge on any atom is -0.481 e. The van der Waals surface area contributed by atoms with Gasteiger partial charge in [0.05, 0.1) is 16.8 Å². The Kier molecular flexibility index (Phi) is 3.01. The second-order valence-electron chi connectivity index (χ2n) is 5.25. The van der Waals surface area contributed by atoms with Crippen LogP contribution in [-0.2, 0) is 10.3 Å². The SMILES string of the molecule is CC1(n2c(SCC(=O)O)nc3ccccc32)CCC1. The van der Waals surface area contributed by atoms with E-state index < -0.39 is 5.97 Å². The van der Waals surface area contributed by atoms with Gasteiger partial charge in [-0.1, -0.05) is 23.9 Å². The first-order valence-electron chi connectivity index (χ1n) is 6.43. The van der Waals surface area contributed by atoms with Crippen LogP contribution in [0, 0.1) is 0 Å². The molecule has 1 aliphatic rings. The quantitative estimate of drug-likeness (QED) is 0.872. The lowest BCUT2D eigenvalue weighted by Gasteiger charge is -2.41. The molecule has 1 aromatic heterocycles. The molecule has 1 aromatic carbocycles. The Bertz CT molecular complexity index is 631. The van der Waals surface area contributed by atoms with Crippen LogP contribution in [0.1, 0.15) is 26.2 Å². The molecule has 0 radical (unpaired) electrons. The van der Waals surface area contributed by atoms with Crippen LogP contribution < -0.4 is 0 Å². The molecule has 1 heterocycles. The topological polar surface area (TPSA) is 55.1 Å². The van der Waals surface area contributed by atoms with Crippen molar-refractivity contribution in [3.8, 4) is 0 Å². The number of fused-ring (bicyclic) bond motifs is 1. The van der Waals surface area contributed by atoms with Crippen molar-refractivity contribution in [1.82, 2.24) is 9.55 Å². The highest BCUT2D eigenvalue weighted by Crippen LogP contribution is 2.43. The summed E-state index contributed by atoms with van der Waals surface area (Å²) >= 11 is 1.31. The van der Waals surface area contributed by atoms with Crippen LogP contribution in [0.15, 0.2) is 29.4 Å². The second kappa shape index (κ2) is 4.56. The highest BCUT2D eigenvalue weighted by atomic mass is 32.2. The molecule has 1 saturated carbocycles. The van der Waals surface area contributed by atoms with Crippen molar-refractivity contribution in [3.05, 3.63) is 24.3 Å². The number of hydrogen-bond donors (Lipinski definition) is 1. The summed E-state index contributed by atoms with van der Waals surface area (Å²) in [6.07, 6.45) is 3.49. The van der Waals surface area contributed by atoms with E-state index >= 15 is 0 Å². The van der Waals surface area contributed by atoms with E-state index in [1.54, 1.807) is 0 Å². The van der Waals surface area contributed by atoms with Crippen LogP contribution in [0.3, 0.4) is 0 Å². The molecule has 100 valence electrons. The molecule has 0 atom stereocenters. The second-order valence-corrected chi connectivity index (χ2v) is 6.19. The fourth-order valence-electron chi connectivity index (χ4n) is 2.66. The Morgan fingerprint density at radius 2 is 2.21 bits per heavy atom. The Labute approximate surface area is 115 Å². The van der Waals surface area contributed by atoms with Crippen LogP contribution in [0.25, 0.3) is 11.0 Å². The average Bonchev–Trinajstić information content (AvgIpc) is 2.72. The van der Waals surface area contributed by atoms with Crippen molar-refractivity contribution in [3.63, 3.8) is 0 Å². The normalized spacial score (nSPS) is 17.3. The molecule has 5 heteroatoms. The molecule has 0 spiro atoms. The van der Waals surface area contributed by atoms with E-state index in [4.69, 9.17) is 5.11 Å². The zero-order chi connectivity index (χ0) is 13.5. The van der Waals surface area contributed by atoms with Gasteiger partial charge in [0.25, 0.3) is 0 Å². The van der Waals surface area contributed by atoms with Crippen molar-refractivity contribution < 1.29 is 9.90 Å². The molecule has 1 fully saturated rings. The number of aliphatic carboxylic acids is 1. The number of imidazole rings is 1. The Morgan fingerprint density at radius 1 is 1.47 bits per heavy atom. The van der Waals surface area contributed by atoms with Gasteiger partial charge in [-0.2, -0.15) is 0 Å². The first kappa shape index (κ1) is 12.5. The maximum atomic E-state index is 10.8. The average molecular weight is 276 g/mol. The number of carbonyl (C=O) groups is 1. The molecular weight excluding hydrogens is 260 g/mol. The van der Waals surface area contributed by atoms with E-state index in [1.807, 2.05) is 18.2 Å². The van der Waals surface area contributed by atoms with E-state index in [0.29, 0.717) is 0 Å². The third-order valence-electron chi connectivity index (χ3n) is 3.83. The molecule has 19 heavy (non-hydrogen) atoms. The Balaban J connectivity index is 2.09. The number of aromatic nitrogens is 2. The number of rotatable bonds is 4. The monoisotopic (exact) mass is 276 g/mol. The molecule has 0 amide bonds. The van der Waals surface area contributed by atoms with Gasteiger partial charge in [-0.3, -0.25) is 4.79 Å². The van der Waals surface area contributed by atoms with E-state index in [1.165, 1.54) is 18.2 Å². The summed E-state index contributed by atoms with van der Waals surface area (Å²) < 4.78 is 2.24. The maximum absolute atomic E-state index is 10.8. The summed E-state index contributed by atoms with van der Waals surface area (Å²) in [5.74, 6) is -0.748. The molecule has 0 saturated heterocycles. The third-order valence-corrected chi connectivity index (χ3v) is 4.75. The van der Waals surface area contributed by atoms with Crippen LogP contribution >= 0.6 is 11.8 Å². The van der Waals surface area contributed by atoms with E-state index in [0.717, 1.165) is 29.0 Å². The minimum atomic E-state index is -0.803. The minimum absolute atomic E-state index is 0.0550. The molecular formula is C14H16N2O2S. The van der Waals surface area contributed by atoms with Gasteiger partial charge in [-0.15, -0.1) is 0 Å². The number of nitrogens with zero attached hydrogens (tertiary/aromatic N) is 2. The van der Waals surface area contributed by atoms with Gasteiger partial charge in [-0.25, -0.2) is 4.98 Å². The lowest BCUT2D eigenvalue weighted by molar-refractivity contribution is -0.133. The zero-order valence-electron chi connectivity index (χ0n) is 10.8. The fourth-order valence-corrected chi connectivity index (χ4v) is 3.52. The lowest BCUT2D eigenvalue weighted by atomic mass is 9.78. The van der Waals surface area contributed by atoms with Gasteiger partial charge in [0.2, 0.25) is 0 Å². The Morgan fingerprint density at radius 3 is 2.84 bits per heavy atom. The van der Waals surface area contributed by atoms with Crippen LogP contribution in [-0.4, -0.2) is 26.4 Å². The molecule has 0 unspecified atom stereocenters. The number of thioether (sulfide) groups is 1. The lowest BCUT2D eigenvalue weighted by Crippen LogP contribution is -2.37. The Hall–Kier alpha value is -1.49. The van der Waals surface area contributed by atoms with Gasteiger partial charge in [0.1, 0.15) is 0 Å². The summed E-state index contributed by atoms with van der Waals surface area (Å²) in [7, 11) is 0. The van der Waals surface area contributed by atoms with Crippen molar-refractivity contribution in [2.45, 2.75) is 36.9 Å². The first-order chi connectivity index (χ1) is 9.10. The highest BCUT2D eigenvalue weighted by molar-refractivity contribution is 7.99. The van der Waals surface area contributed by atoms with E-state index in [9.17, 15) is 4.79 Å². The first-order valence-corrected chi connectivity index (χ1v) is 7.41. The van der Waals surface area contributed by atoms with Crippen molar-refractivity contribution in [2.24, 2.45) is 0 Å². The van der Waals surface area contributed by atoms with Crippen LogP contribution in [0.4, 0.5) is 0 Å². The molecule has 3 rings (SSSR count). The fraction of sp³-hybridized carbons (Fsp3) is 0.429. The summed E-state index contributed by atoms with van der Waals surface area (Å²) in [4.78, 5) is 15.4. The standard InChI is InChI=1S/C14H16N2O2S/c1-14(7-4-8-14)16-11-6-3-2-5-10(11)15-13(16)19-9-12(17)18/h2-3,5-6H,4,7-9H2,1H3,(H,17,18). The smallest absolute Gasteiger partial charge is 0.313 e. The van der Waals surface area contributed by atoms with E-state index in [-0.39, 0.29) is 11.3 Å². The van der Waals surface area contributed by atoms with Crippen LogP contribution in [0.2, 0.25) is 0 Å². The highest BCUT2D eigenvalue weighted by Gasteiger charge is 2.36. The zero-order valence-corrected chi connectivity index (χ0v) is 11.6. The van der Waals surface area contributed by atoms with Gasteiger partial charge in [0.15, 0.2) is 5.16 Å². The summed E-state index contributed by atoms with van der Waals surface area (Å²) in [5, 5.41) is 9.68. The largest absolute Gasteiger partial charge is 0.481 e. The molecule has 2 aromatic rings. The van der Waals surface area contributed by atoms with Gasteiger partial charge in [-0.05, 0) is 38.3 Å². The van der Waals surface area contributed by atoms with Gasteiger partial charge < -0.3 is 9.67 Å². The molecule has 0 bridgehead atoms. The van der Waals surface area contributed by atoms with Gasteiger partial charge in [0, 0.05) is 5.54 Å². The number of carboxylic acids is 1. The van der Waals surface area contributed by atoms with E-state index in [2.05, 4.69) is 22.5 Å². The summed E-state index contributed by atoms with van der Waals surface area (Å²) in [6.45, 7) is 2.23. The number of benzene rings is 1. The van der Waals surface area contributed by atoms with Gasteiger partial charge >= 0.3 is 5.97 Å². The number of para-hydroxylation sites is 2. The van der Waals surface area contributed by atoms with Crippen molar-refractivity contribution in [2.75, 3.05) is 5.75 Å². The number of carboxylic acid groups (broad SMARTS) is 1. The maximum Gasteiger partial charge on any atom is 0.313 e. The summed E-state index contributed by atoms with van der Waals surface area (Å²) in [5.41, 5.74) is 2.15. The molecule has 0 aliphatic heterocycles. The van der Waals surface area contributed by atoms with Crippen molar-refractivity contribution >= 4 is 28.8 Å². The van der Waals surface area contributed by atoms with Crippen LogP contribution in [0.5, 0.6) is 0 Å². The molecule has 1 aliphatic carbocycles.